The Bertz CT molecular complexity index is 541. The standard InChI is InChI=1S/C18H26N2O2S/c1-11-5-6-12(2)19(11)17(21)15-9-10-16(23-15)18(22)20-13(3)7-8-14(20)4/h9-14H,5-8H2,1-4H3. The molecule has 2 amide bonds. The quantitative estimate of drug-likeness (QED) is 0.826. The molecule has 2 fully saturated rings. The van der Waals surface area contributed by atoms with Gasteiger partial charge in [0.25, 0.3) is 11.8 Å². The molecule has 126 valence electrons. The largest absolute Gasteiger partial charge is 0.333 e. The summed E-state index contributed by atoms with van der Waals surface area (Å²) in [5.74, 6) is 0.156. The van der Waals surface area contributed by atoms with E-state index in [1.165, 1.54) is 11.3 Å². The fourth-order valence-corrected chi connectivity index (χ4v) is 4.91. The first-order valence-corrected chi connectivity index (χ1v) is 9.47. The Morgan fingerprint density at radius 1 is 0.783 bits per heavy atom. The number of thiophene rings is 1. The topological polar surface area (TPSA) is 40.6 Å². The second-order valence-corrected chi connectivity index (χ2v) is 8.22. The number of nitrogens with zero attached hydrogens (tertiary/aromatic N) is 2. The Morgan fingerprint density at radius 3 is 1.39 bits per heavy atom. The van der Waals surface area contributed by atoms with Crippen LogP contribution in [0.3, 0.4) is 0 Å². The highest BCUT2D eigenvalue weighted by Gasteiger charge is 2.35. The summed E-state index contributed by atoms with van der Waals surface area (Å²) in [6, 6.07) is 4.80. The first-order valence-electron chi connectivity index (χ1n) is 8.65. The van der Waals surface area contributed by atoms with Crippen molar-refractivity contribution in [3.8, 4) is 0 Å². The summed E-state index contributed by atoms with van der Waals surface area (Å²) in [6.45, 7) is 8.42. The Hall–Kier alpha value is -1.36. The van der Waals surface area contributed by atoms with E-state index in [1.54, 1.807) is 0 Å². The number of likely N-dealkylation sites (tertiary alicyclic amines) is 2. The van der Waals surface area contributed by atoms with E-state index < -0.39 is 0 Å². The number of amides is 2. The van der Waals surface area contributed by atoms with Crippen LogP contribution in [0.2, 0.25) is 0 Å². The predicted molar refractivity (Wildman–Crippen MR) is 93.0 cm³/mol. The van der Waals surface area contributed by atoms with Crippen LogP contribution < -0.4 is 0 Å². The minimum atomic E-state index is 0.0778. The van der Waals surface area contributed by atoms with E-state index in [9.17, 15) is 9.59 Å². The Labute approximate surface area is 142 Å². The van der Waals surface area contributed by atoms with Crippen molar-refractivity contribution >= 4 is 23.2 Å². The van der Waals surface area contributed by atoms with Gasteiger partial charge in [-0.2, -0.15) is 0 Å². The lowest BCUT2D eigenvalue weighted by Crippen LogP contribution is -2.38. The van der Waals surface area contributed by atoms with Crippen LogP contribution in [0.4, 0.5) is 0 Å². The third kappa shape index (κ3) is 2.91. The molecule has 0 radical (unpaired) electrons. The van der Waals surface area contributed by atoms with E-state index in [-0.39, 0.29) is 36.0 Å². The monoisotopic (exact) mass is 334 g/mol. The molecule has 3 rings (SSSR count). The average Bonchev–Trinajstić information content (AvgIpc) is 3.19. The highest BCUT2D eigenvalue weighted by atomic mass is 32.1. The molecule has 2 aliphatic rings. The average molecular weight is 334 g/mol. The lowest BCUT2D eigenvalue weighted by Gasteiger charge is -2.26. The second kappa shape index (κ2) is 6.27. The minimum absolute atomic E-state index is 0.0778. The van der Waals surface area contributed by atoms with E-state index in [0.29, 0.717) is 9.75 Å². The minimum Gasteiger partial charge on any atom is -0.333 e. The fraction of sp³-hybridized carbons (Fsp3) is 0.667. The van der Waals surface area contributed by atoms with Crippen molar-refractivity contribution in [1.29, 1.82) is 0 Å². The van der Waals surface area contributed by atoms with Gasteiger partial charge in [0, 0.05) is 24.2 Å². The Kier molecular flexibility index (Phi) is 4.50. The summed E-state index contributed by atoms with van der Waals surface area (Å²) in [5.41, 5.74) is 0. The van der Waals surface area contributed by atoms with Crippen LogP contribution in [0, 0.1) is 0 Å². The molecule has 2 saturated heterocycles. The number of hydrogen-bond acceptors (Lipinski definition) is 3. The highest BCUT2D eigenvalue weighted by Crippen LogP contribution is 2.30. The van der Waals surface area contributed by atoms with Gasteiger partial charge in [-0.05, 0) is 65.5 Å². The molecule has 5 heteroatoms. The lowest BCUT2D eigenvalue weighted by atomic mass is 10.2. The van der Waals surface area contributed by atoms with Gasteiger partial charge in [-0.1, -0.05) is 0 Å². The normalized spacial score (nSPS) is 31.0. The molecule has 0 saturated carbocycles. The maximum absolute atomic E-state index is 12.8. The maximum Gasteiger partial charge on any atom is 0.264 e. The predicted octanol–water partition coefficient (Wildman–Crippen LogP) is 3.77. The van der Waals surface area contributed by atoms with E-state index in [0.717, 1.165) is 25.7 Å². The molecule has 0 spiro atoms. The zero-order valence-electron chi connectivity index (χ0n) is 14.4. The lowest BCUT2D eigenvalue weighted by molar-refractivity contribution is 0.0691. The van der Waals surface area contributed by atoms with Crippen LogP contribution in [0.25, 0.3) is 0 Å². The van der Waals surface area contributed by atoms with Gasteiger partial charge < -0.3 is 9.80 Å². The molecule has 23 heavy (non-hydrogen) atoms. The van der Waals surface area contributed by atoms with E-state index >= 15 is 0 Å². The summed E-state index contributed by atoms with van der Waals surface area (Å²) < 4.78 is 0. The molecule has 1 aromatic heterocycles. The number of carbonyl (C=O) groups excluding carboxylic acids is 2. The molecule has 4 unspecified atom stereocenters. The van der Waals surface area contributed by atoms with Crippen LogP contribution in [0.5, 0.6) is 0 Å². The van der Waals surface area contributed by atoms with Crippen molar-refractivity contribution in [2.24, 2.45) is 0 Å². The smallest absolute Gasteiger partial charge is 0.264 e. The zero-order valence-corrected chi connectivity index (χ0v) is 15.2. The molecule has 0 aromatic carbocycles. The first kappa shape index (κ1) is 16.5. The van der Waals surface area contributed by atoms with E-state index in [4.69, 9.17) is 0 Å². The third-order valence-electron chi connectivity index (χ3n) is 5.40. The summed E-state index contributed by atoms with van der Waals surface area (Å²) >= 11 is 1.35. The highest BCUT2D eigenvalue weighted by molar-refractivity contribution is 7.15. The summed E-state index contributed by atoms with van der Waals surface area (Å²) in [6.07, 6.45) is 4.25. The molecule has 3 heterocycles. The van der Waals surface area contributed by atoms with Crippen molar-refractivity contribution in [3.63, 3.8) is 0 Å². The van der Waals surface area contributed by atoms with Gasteiger partial charge in [0.05, 0.1) is 9.75 Å². The second-order valence-electron chi connectivity index (χ2n) is 7.14. The molecule has 4 nitrogen and oxygen atoms in total. The fourth-order valence-electron chi connectivity index (χ4n) is 4.01. The first-order chi connectivity index (χ1) is 10.9. The van der Waals surface area contributed by atoms with Gasteiger partial charge in [-0.15, -0.1) is 11.3 Å². The van der Waals surface area contributed by atoms with Crippen molar-refractivity contribution < 1.29 is 9.59 Å². The van der Waals surface area contributed by atoms with Crippen LogP contribution >= 0.6 is 11.3 Å². The zero-order chi connectivity index (χ0) is 16.7. The van der Waals surface area contributed by atoms with Gasteiger partial charge in [-0.25, -0.2) is 0 Å². The Morgan fingerprint density at radius 2 is 1.09 bits per heavy atom. The van der Waals surface area contributed by atoms with Gasteiger partial charge in [0.2, 0.25) is 0 Å². The van der Waals surface area contributed by atoms with Crippen molar-refractivity contribution in [3.05, 3.63) is 21.9 Å². The van der Waals surface area contributed by atoms with Crippen molar-refractivity contribution in [2.75, 3.05) is 0 Å². The number of rotatable bonds is 2. The van der Waals surface area contributed by atoms with Crippen LogP contribution in [-0.2, 0) is 0 Å². The van der Waals surface area contributed by atoms with Crippen LogP contribution in [-0.4, -0.2) is 45.8 Å². The SMILES string of the molecule is CC1CCC(C)N1C(=O)c1ccc(C(=O)N2C(C)CCC2C)s1. The number of hydrogen-bond donors (Lipinski definition) is 0. The maximum atomic E-state index is 12.8. The van der Waals surface area contributed by atoms with Gasteiger partial charge in [-0.3, -0.25) is 9.59 Å². The van der Waals surface area contributed by atoms with Crippen molar-refractivity contribution in [2.45, 2.75) is 77.5 Å². The van der Waals surface area contributed by atoms with E-state index in [1.807, 2.05) is 21.9 Å². The molecule has 0 bridgehead atoms. The van der Waals surface area contributed by atoms with Gasteiger partial charge in [0.15, 0.2) is 0 Å². The van der Waals surface area contributed by atoms with Crippen molar-refractivity contribution in [1.82, 2.24) is 9.80 Å². The van der Waals surface area contributed by atoms with E-state index in [2.05, 4.69) is 27.7 Å². The molecule has 0 N–H and O–H groups in total. The summed E-state index contributed by atoms with van der Waals surface area (Å²) in [4.78, 5) is 30.9. The molecular weight excluding hydrogens is 308 g/mol. The van der Waals surface area contributed by atoms with Crippen LogP contribution in [0.1, 0.15) is 72.7 Å². The Balaban J connectivity index is 1.78. The molecule has 1 aromatic rings. The third-order valence-corrected chi connectivity index (χ3v) is 6.46. The molecule has 4 atom stereocenters. The van der Waals surface area contributed by atoms with Gasteiger partial charge in [0.1, 0.15) is 0 Å². The summed E-state index contributed by atoms with van der Waals surface area (Å²) in [7, 11) is 0. The molecule has 2 aliphatic heterocycles. The summed E-state index contributed by atoms with van der Waals surface area (Å²) in [5, 5.41) is 0. The number of carbonyl (C=O) groups is 2. The molecule has 0 aliphatic carbocycles. The van der Waals surface area contributed by atoms with Crippen LogP contribution in [0.15, 0.2) is 12.1 Å². The molecular formula is C18H26N2O2S. The van der Waals surface area contributed by atoms with Gasteiger partial charge >= 0.3 is 0 Å².